The van der Waals surface area contributed by atoms with Gasteiger partial charge in [0, 0.05) is 5.54 Å². The Bertz CT molecular complexity index is 237. The van der Waals surface area contributed by atoms with E-state index < -0.39 is 0 Å². The molecule has 1 rings (SSSR count). The van der Waals surface area contributed by atoms with Crippen molar-refractivity contribution in [3.05, 3.63) is 12.7 Å². The van der Waals surface area contributed by atoms with Crippen LogP contribution < -0.4 is 5.32 Å². The summed E-state index contributed by atoms with van der Waals surface area (Å²) in [5.74, 6) is 1.56. The third-order valence-corrected chi connectivity index (χ3v) is 3.69. The van der Waals surface area contributed by atoms with E-state index in [1.165, 1.54) is 18.9 Å². The maximum absolute atomic E-state index is 11.3. The van der Waals surface area contributed by atoms with Crippen LogP contribution in [0.25, 0.3) is 0 Å². The Morgan fingerprint density at radius 3 is 2.40 bits per heavy atom. The predicted octanol–water partition coefficient (Wildman–Crippen LogP) is 2.89. The summed E-state index contributed by atoms with van der Waals surface area (Å²) in [4.78, 5) is 11.3. The van der Waals surface area contributed by atoms with Crippen molar-refractivity contribution >= 4 is 5.91 Å². The topological polar surface area (TPSA) is 29.1 Å². The zero-order valence-corrected chi connectivity index (χ0v) is 10.2. The van der Waals surface area contributed by atoms with Crippen LogP contribution >= 0.6 is 0 Å². The van der Waals surface area contributed by atoms with Gasteiger partial charge in [-0.15, -0.1) is 0 Å². The van der Waals surface area contributed by atoms with Gasteiger partial charge in [-0.2, -0.15) is 0 Å². The van der Waals surface area contributed by atoms with Crippen molar-refractivity contribution in [2.75, 3.05) is 0 Å². The first-order valence-electron chi connectivity index (χ1n) is 5.91. The normalized spacial score (nSPS) is 31.3. The van der Waals surface area contributed by atoms with E-state index in [2.05, 4.69) is 32.7 Å². The van der Waals surface area contributed by atoms with E-state index in [1.807, 2.05) is 0 Å². The molecule has 1 saturated carbocycles. The van der Waals surface area contributed by atoms with Crippen molar-refractivity contribution in [1.82, 2.24) is 5.32 Å². The Balaban J connectivity index is 2.47. The van der Waals surface area contributed by atoms with Gasteiger partial charge < -0.3 is 5.32 Å². The summed E-state index contributed by atoms with van der Waals surface area (Å²) in [6.07, 6.45) is 6.00. The molecule has 2 heteroatoms. The van der Waals surface area contributed by atoms with Crippen LogP contribution in [0.5, 0.6) is 0 Å². The fourth-order valence-corrected chi connectivity index (χ4v) is 2.42. The number of carbonyl (C=O) groups excluding carboxylic acids is 1. The SMILES string of the molecule is C=CC(=O)NC1(C)CCC(C(C)C)CC1. The van der Waals surface area contributed by atoms with Crippen molar-refractivity contribution in [2.45, 2.75) is 52.0 Å². The lowest BCUT2D eigenvalue weighted by molar-refractivity contribution is -0.118. The summed E-state index contributed by atoms with van der Waals surface area (Å²) < 4.78 is 0. The van der Waals surface area contributed by atoms with Gasteiger partial charge in [-0.05, 0) is 50.5 Å². The molecule has 1 aliphatic rings. The van der Waals surface area contributed by atoms with Crippen LogP contribution in [0.4, 0.5) is 0 Å². The Morgan fingerprint density at radius 1 is 1.47 bits per heavy atom. The largest absolute Gasteiger partial charge is 0.347 e. The molecule has 0 atom stereocenters. The molecule has 0 aromatic rings. The third-order valence-electron chi connectivity index (χ3n) is 3.69. The summed E-state index contributed by atoms with van der Waals surface area (Å²) >= 11 is 0. The molecule has 0 spiro atoms. The molecule has 0 aliphatic heterocycles. The summed E-state index contributed by atoms with van der Waals surface area (Å²) in [6, 6.07) is 0. The fraction of sp³-hybridized carbons (Fsp3) is 0.769. The van der Waals surface area contributed by atoms with Crippen LogP contribution in [0.2, 0.25) is 0 Å². The van der Waals surface area contributed by atoms with Crippen molar-refractivity contribution in [1.29, 1.82) is 0 Å². The van der Waals surface area contributed by atoms with Gasteiger partial charge in [-0.25, -0.2) is 0 Å². The molecule has 0 heterocycles. The van der Waals surface area contributed by atoms with Gasteiger partial charge in [0.15, 0.2) is 0 Å². The smallest absolute Gasteiger partial charge is 0.243 e. The van der Waals surface area contributed by atoms with Crippen LogP contribution in [0.15, 0.2) is 12.7 Å². The van der Waals surface area contributed by atoms with E-state index in [0.29, 0.717) is 0 Å². The Kier molecular flexibility index (Phi) is 3.95. The minimum absolute atomic E-state index is 0.00331. The number of carbonyl (C=O) groups is 1. The fourth-order valence-electron chi connectivity index (χ4n) is 2.42. The first-order valence-corrected chi connectivity index (χ1v) is 5.91. The predicted molar refractivity (Wildman–Crippen MR) is 63.5 cm³/mol. The van der Waals surface area contributed by atoms with Gasteiger partial charge in [0.25, 0.3) is 0 Å². The zero-order valence-electron chi connectivity index (χ0n) is 10.2. The monoisotopic (exact) mass is 209 g/mol. The van der Waals surface area contributed by atoms with Crippen molar-refractivity contribution < 1.29 is 4.79 Å². The van der Waals surface area contributed by atoms with Crippen LogP contribution in [-0.2, 0) is 4.79 Å². The van der Waals surface area contributed by atoms with E-state index in [-0.39, 0.29) is 11.4 Å². The number of nitrogens with one attached hydrogen (secondary N) is 1. The van der Waals surface area contributed by atoms with Crippen LogP contribution in [0, 0.1) is 11.8 Å². The summed E-state index contributed by atoms with van der Waals surface area (Å²) in [5.41, 5.74) is -0.00331. The lowest BCUT2D eigenvalue weighted by atomic mass is 9.73. The molecule has 2 nitrogen and oxygen atoms in total. The molecular formula is C13H23NO. The Hall–Kier alpha value is -0.790. The summed E-state index contributed by atoms with van der Waals surface area (Å²) in [7, 11) is 0. The average Bonchev–Trinajstić information content (AvgIpc) is 2.17. The van der Waals surface area contributed by atoms with Crippen LogP contribution in [0.3, 0.4) is 0 Å². The lowest BCUT2D eigenvalue weighted by Crippen LogP contribution is -2.48. The van der Waals surface area contributed by atoms with E-state index in [0.717, 1.165) is 24.7 Å². The molecule has 86 valence electrons. The van der Waals surface area contributed by atoms with Crippen molar-refractivity contribution in [3.8, 4) is 0 Å². The van der Waals surface area contributed by atoms with Crippen molar-refractivity contribution in [2.24, 2.45) is 11.8 Å². The van der Waals surface area contributed by atoms with Gasteiger partial charge in [0.05, 0.1) is 0 Å². The molecule has 1 N–H and O–H groups in total. The molecule has 15 heavy (non-hydrogen) atoms. The first-order chi connectivity index (χ1) is 6.97. The zero-order chi connectivity index (χ0) is 11.5. The van der Waals surface area contributed by atoms with E-state index in [9.17, 15) is 4.79 Å². The minimum atomic E-state index is -0.0412. The highest BCUT2D eigenvalue weighted by Gasteiger charge is 2.32. The maximum Gasteiger partial charge on any atom is 0.243 e. The first kappa shape index (κ1) is 12.3. The molecule has 0 saturated heterocycles. The highest BCUT2D eigenvalue weighted by atomic mass is 16.1. The summed E-state index contributed by atoms with van der Waals surface area (Å²) in [5, 5.41) is 3.05. The molecule has 0 unspecified atom stereocenters. The molecule has 1 fully saturated rings. The Morgan fingerprint density at radius 2 is 2.00 bits per heavy atom. The molecule has 1 amide bonds. The second-order valence-corrected chi connectivity index (χ2v) is 5.34. The van der Waals surface area contributed by atoms with Crippen LogP contribution in [-0.4, -0.2) is 11.4 Å². The highest BCUT2D eigenvalue weighted by Crippen LogP contribution is 2.35. The van der Waals surface area contributed by atoms with Gasteiger partial charge in [0.2, 0.25) is 5.91 Å². The molecule has 0 aromatic heterocycles. The van der Waals surface area contributed by atoms with E-state index >= 15 is 0 Å². The molecule has 0 aromatic carbocycles. The van der Waals surface area contributed by atoms with Gasteiger partial charge in [0.1, 0.15) is 0 Å². The third kappa shape index (κ3) is 3.37. The van der Waals surface area contributed by atoms with E-state index in [1.54, 1.807) is 0 Å². The maximum atomic E-state index is 11.3. The van der Waals surface area contributed by atoms with Crippen molar-refractivity contribution in [3.63, 3.8) is 0 Å². The van der Waals surface area contributed by atoms with Gasteiger partial charge in [-0.1, -0.05) is 20.4 Å². The minimum Gasteiger partial charge on any atom is -0.347 e. The van der Waals surface area contributed by atoms with Gasteiger partial charge in [-0.3, -0.25) is 4.79 Å². The molecule has 0 bridgehead atoms. The van der Waals surface area contributed by atoms with E-state index in [4.69, 9.17) is 0 Å². The van der Waals surface area contributed by atoms with Crippen LogP contribution in [0.1, 0.15) is 46.5 Å². The number of hydrogen-bond acceptors (Lipinski definition) is 1. The average molecular weight is 209 g/mol. The lowest BCUT2D eigenvalue weighted by Gasteiger charge is -2.39. The second kappa shape index (κ2) is 4.82. The Labute approximate surface area is 93.1 Å². The van der Waals surface area contributed by atoms with Gasteiger partial charge >= 0.3 is 0 Å². The quantitative estimate of drug-likeness (QED) is 0.711. The highest BCUT2D eigenvalue weighted by molar-refractivity contribution is 5.87. The number of rotatable bonds is 3. The summed E-state index contributed by atoms with van der Waals surface area (Å²) in [6.45, 7) is 10.2. The molecule has 1 aliphatic carbocycles. The molecular weight excluding hydrogens is 186 g/mol. The molecule has 0 radical (unpaired) electrons. The number of amides is 1. The standard InChI is InChI=1S/C13H23NO/c1-5-12(15)14-13(4)8-6-11(7-9-13)10(2)3/h5,10-11H,1,6-9H2,2-4H3,(H,14,15). The number of hydrogen-bond donors (Lipinski definition) is 1. The second-order valence-electron chi connectivity index (χ2n) is 5.34.